The lowest BCUT2D eigenvalue weighted by atomic mass is 10.2. The minimum Gasteiger partial charge on any atom is -0.461 e. The van der Waals surface area contributed by atoms with E-state index < -0.39 is 0 Å². The van der Waals surface area contributed by atoms with Crippen LogP contribution in [0.3, 0.4) is 0 Å². The number of benzene rings is 1. The Balaban J connectivity index is 1.70. The smallest absolute Gasteiger partial charge is 0.198 e. The second kappa shape index (κ2) is 8.31. The van der Waals surface area contributed by atoms with E-state index in [-0.39, 0.29) is 0 Å². The van der Waals surface area contributed by atoms with E-state index in [2.05, 4.69) is 39.2 Å². The summed E-state index contributed by atoms with van der Waals surface area (Å²) in [5.74, 6) is 1.87. The summed E-state index contributed by atoms with van der Waals surface area (Å²) < 4.78 is 5.53. The number of hydrogen-bond donors (Lipinski definition) is 1. The molecule has 1 aromatic carbocycles. The van der Waals surface area contributed by atoms with E-state index in [4.69, 9.17) is 9.40 Å². The van der Waals surface area contributed by atoms with E-state index in [1.807, 2.05) is 36.4 Å². The van der Waals surface area contributed by atoms with Crippen LogP contribution in [0.15, 0.2) is 47.1 Å². The average Bonchev–Trinajstić information content (AvgIpc) is 3.28. The topological polar surface area (TPSA) is 80.0 Å². The number of fused-ring (bicyclic) bond motifs is 3. The van der Waals surface area contributed by atoms with Crippen molar-refractivity contribution in [3.63, 3.8) is 0 Å². The summed E-state index contributed by atoms with van der Waals surface area (Å²) in [6.07, 6.45) is 2.65. The molecule has 4 rings (SSSR count). The summed E-state index contributed by atoms with van der Waals surface area (Å²) in [4.78, 5) is 11.8. The lowest BCUT2D eigenvalue weighted by molar-refractivity contribution is 0.303. The molecule has 0 saturated carbocycles. The highest BCUT2D eigenvalue weighted by Gasteiger charge is 2.15. The Labute approximate surface area is 163 Å². The minimum absolute atomic E-state index is 0.543. The summed E-state index contributed by atoms with van der Waals surface area (Å²) in [6.45, 7) is 8.34. The molecular weight excluding hydrogens is 352 g/mol. The van der Waals surface area contributed by atoms with Crippen LogP contribution in [0, 0.1) is 0 Å². The minimum atomic E-state index is 0.543. The third kappa shape index (κ3) is 3.66. The second-order valence-corrected chi connectivity index (χ2v) is 6.59. The molecular formula is C21H24N6O. The molecule has 0 fully saturated rings. The number of furan rings is 1. The van der Waals surface area contributed by atoms with Crippen molar-refractivity contribution in [2.45, 2.75) is 20.3 Å². The Morgan fingerprint density at radius 1 is 0.964 bits per heavy atom. The first kappa shape index (κ1) is 18.3. The van der Waals surface area contributed by atoms with Gasteiger partial charge in [0.1, 0.15) is 5.52 Å². The third-order valence-corrected chi connectivity index (χ3v) is 4.88. The van der Waals surface area contributed by atoms with Crippen LogP contribution >= 0.6 is 0 Å². The molecule has 0 saturated heterocycles. The number of anilines is 1. The van der Waals surface area contributed by atoms with Crippen LogP contribution in [0.2, 0.25) is 0 Å². The van der Waals surface area contributed by atoms with Gasteiger partial charge in [0.05, 0.1) is 11.8 Å². The molecule has 3 aromatic heterocycles. The Kier molecular flexibility index (Phi) is 5.43. The molecule has 0 spiro atoms. The fraction of sp³-hybridized carbons (Fsp3) is 0.333. The number of aromatic nitrogens is 4. The van der Waals surface area contributed by atoms with Gasteiger partial charge < -0.3 is 14.6 Å². The lowest BCUT2D eigenvalue weighted by Gasteiger charge is -2.18. The summed E-state index contributed by atoms with van der Waals surface area (Å²) >= 11 is 0. The molecule has 3 heterocycles. The first-order chi connectivity index (χ1) is 13.8. The Bertz CT molecular complexity index is 1060. The van der Waals surface area contributed by atoms with Crippen LogP contribution in [-0.2, 0) is 0 Å². The van der Waals surface area contributed by atoms with Crippen molar-refractivity contribution in [1.29, 1.82) is 0 Å². The Hall–Kier alpha value is -3.06. The standard InChI is InChI=1S/C21H24N6O/c1-3-27(4-2)13-8-12-22-21-19-18(15-9-5-6-10-16(15)25-26-19)23-20(24-21)17-11-7-14-28-17/h5-7,9-11,14H,3-4,8,12-13H2,1-2H3,(H,22,23,24). The van der Waals surface area contributed by atoms with Gasteiger partial charge >= 0.3 is 0 Å². The highest BCUT2D eigenvalue weighted by atomic mass is 16.3. The van der Waals surface area contributed by atoms with Crippen LogP contribution < -0.4 is 5.32 Å². The molecule has 0 amide bonds. The number of rotatable bonds is 8. The Morgan fingerprint density at radius 2 is 1.82 bits per heavy atom. The summed E-state index contributed by atoms with van der Waals surface area (Å²) in [7, 11) is 0. The summed E-state index contributed by atoms with van der Waals surface area (Å²) in [5.41, 5.74) is 2.27. The van der Waals surface area contributed by atoms with Crippen molar-refractivity contribution in [2.75, 3.05) is 31.5 Å². The summed E-state index contributed by atoms with van der Waals surface area (Å²) in [5, 5.41) is 13.1. The van der Waals surface area contributed by atoms with Crippen molar-refractivity contribution >= 4 is 27.8 Å². The first-order valence-electron chi connectivity index (χ1n) is 9.73. The van der Waals surface area contributed by atoms with Crippen molar-refractivity contribution in [1.82, 2.24) is 25.1 Å². The van der Waals surface area contributed by atoms with Gasteiger partial charge in [0.15, 0.2) is 22.9 Å². The molecule has 1 N–H and O–H groups in total. The predicted octanol–water partition coefficient (Wildman–Crippen LogP) is 3.98. The zero-order valence-electron chi connectivity index (χ0n) is 16.2. The normalized spacial score (nSPS) is 11.5. The zero-order valence-corrected chi connectivity index (χ0v) is 16.2. The van der Waals surface area contributed by atoms with Crippen molar-refractivity contribution in [3.05, 3.63) is 42.7 Å². The van der Waals surface area contributed by atoms with Gasteiger partial charge in [0.2, 0.25) is 0 Å². The van der Waals surface area contributed by atoms with Gasteiger partial charge in [-0.15, -0.1) is 10.2 Å². The van der Waals surface area contributed by atoms with E-state index in [1.165, 1.54) is 0 Å². The van der Waals surface area contributed by atoms with Crippen LogP contribution in [-0.4, -0.2) is 51.2 Å². The maximum Gasteiger partial charge on any atom is 0.198 e. The fourth-order valence-corrected chi connectivity index (χ4v) is 3.29. The Morgan fingerprint density at radius 3 is 2.61 bits per heavy atom. The van der Waals surface area contributed by atoms with E-state index in [9.17, 15) is 0 Å². The van der Waals surface area contributed by atoms with E-state index >= 15 is 0 Å². The molecule has 28 heavy (non-hydrogen) atoms. The lowest BCUT2D eigenvalue weighted by Crippen LogP contribution is -2.25. The molecule has 7 heteroatoms. The predicted molar refractivity (Wildman–Crippen MR) is 111 cm³/mol. The van der Waals surface area contributed by atoms with Crippen molar-refractivity contribution in [2.24, 2.45) is 0 Å². The maximum atomic E-state index is 5.53. The van der Waals surface area contributed by atoms with Gasteiger partial charge in [-0.2, -0.15) is 0 Å². The van der Waals surface area contributed by atoms with Gasteiger partial charge in [-0.05, 0) is 44.3 Å². The molecule has 0 unspecified atom stereocenters. The molecule has 0 bridgehead atoms. The average molecular weight is 376 g/mol. The van der Waals surface area contributed by atoms with E-state index in [1.54, 1.807) is 6.26 Å². The molecule has 0 aliphatic carbocycles. The molecule has 7 nitrogen and oxygen atoms in total. The SMILES string of the molecule is CCN(CC)CCCNc1nc(-c2ccco2)nc2c1nnc1ccccc12. The van der Waals surface area contributed by atoms with Gasteiger partial charge in [-0.1, -0.05) is 32.0 Å². The third-order valence-electron chi connectivity index (χ3n) is 4.88. The van der Waals surface area contributed by atoms with Gasteiger partial charge in [-0.3, -0.25) is 0 Å². The highest BCUT2D eigenvalue weighted by Crippen LogP contribution is 2.27. The molecule has 144 valence electrons. The quantitative estimate of drug-likeness (QED) is 0.368. The van der Waals surface area contributed by atoms with Crippen LogP contribution in [0.5, 0.6) is 0 Å². The van der Waals surface area contributed by atoms with E-state index in [0.717, 1.165) is 49.0 Å². The van der Waals surface area contributed by atoms with Crippen LogP contribution in [0.4, 0.5) is 5.82 Å². The van der Waals surface area contributed by atoms with Crippen LogP contribution in [0.1, 0.15) is 20.3 Å². The van der Waals surface area contributed by atoms with Gasteiger partial charge in [0, 0.05) is 11.9 Å². The summed E-state index contributed by atoms with van der Waals surface area (Å²) in [6, 6.07) is 11.6. The second-order valence-electron chi connectivity index (χ2n) is 6.59. The van der Waals surface area contributed by atoms with Gasteiger partial charge in [0.25, 0.3) is 0 Å². The van der Waals surface area contributed by atoms with Crippen molar-refractivity contribution < 1.29 is 4.42 Å². The molecule has 0 radical (unpaired) electrons. The monoisotopic (exact) mass is 376 g/mol. The molecule has 0 aliphatic heterocycles. The number of nitrogens with zero attached hydrogens (tertiary/aromatic N) is 5. The zero-order chi connectivity index (χ0) is 19.3. The highest BCUT2D eigenvalue weighted by molar-refractivity contribution is 6.04. The molecule has 0 atom stereocenters. The number of hydrogen-bond acceptors (Lipinski definition) is 7. The molecule has 0 aliphatic rings. The van der Waals surface area contributed by atoms with Crippen molar-refractivity contribution in [3.8, 4) is 11.6 Å². The fourth-order valence-electron chi connectivity index (χ4n) is 3.29. The molecule has 4 aromatic rings. The largest absolute Gasteiger partial charge is 0.461 e. The number of nitrogens with one attached hydrogen (secondary N) is 1. The first-order valence-corrected chi connectivity index (χ1v) is 9.73. The van der Waals surface area contributed by atoms with Gasteiger partial charge in [-0.25, -0.2) is 9.97 Å². The van der Waals surface area contributed by atoms with E-state index in [0.29, 0.717) is 22.9 Å². The maximum absolute atomic E-state index is 5.53. The van der Waals surface area contributed by atoms with Crippen LogP contribution in [0.25, 0.3) is 33.5 Å².